The second kappa shape index (κ2) is 4.25. The Kier molecular flexibility index (Phi) is 2.90. The fourth-order valence-corrected chi connectivity index (χ4v) is 1.55. The lowest BCUT2D eigenvalue weighted by Crippen LogP contribution is -2.03. The van der Waals surface area contributed by atoms with Crippen molar-refractivity contribution in [1.82, 2.24) is 0 Å². The van der Waals surface area contributed by atoms with Crippen LogP contribution < -0.4 is 0 Å². The molecule has 0 atom stereocenters. The van der Waals surface area contributed by atoms with E-state index in [2.05, 4.69) is 0 Å². The number of aromatic hydroxyl groups is 2. The van der Waals surface area contributed by atoms with Gasteiger partial charge in [-0.2, -0.15) is 13.2 Å². The summed E-state index contributed by atoms with van der Waals surface area (Å²) in [7, 11) is 0. The summed E-state index contributed by atoms with van der Waals surface area (Å²) in [5.74, 6) is -0.585. The first-order valence-electron chi connectivity index (χ1n) is 5.07. The summed E-state index contributed by atoms with van der Waals surface area (Å²) < 4.78 is 37.1. The molecular formula is C13H9F3O2. The Balaban J connectivity index is 2.37. The van der Waals surface area contributed by atoms with Crippen molar-refractivity contribution in [3.05, 3.63) is 48.0 Å². The average molecular weight is 254 g/mol. The molecule has 0 heterocycles. The first kappa shape index (κ1) is 12.3. The summed E-state index contributed by atoms with van der Waals surface area (Å²) in [6.07, 6.45) is -4.37. The number of halogens is 3. The highest BCUT2D eigenvalue weighted by atomic mass is 19.4. The minimum Gasteiger partial charge on any atom is -0.504 e. The predicted octanol–water partition coefficient (Wildman–Crippen LogP) is 3.78. The van der Waals surface area contributed by atoms with Crippen LogP contribution >= 0.6 is 0 Å². The van der Waals surface area contributed by atoms with Gasteiger partial charge in [-0.25, -0.2) is 0 Å². The van der Waals surface area contributed by atoms with Gasteiger partial charge < -0.3 is 10.2 Å². The van der Waals surface area contributed by atoms with Gasteiger partial charge in [0.1, 0.15) is 0 Å². The molecule has 0 aromatic heterocycles. The standard InChI is InChI=1S/C13H9F3O2/c14-13(15,16)10-4-1-8(2-5-10)9-3-6-11(17)12(18)7-9/h1-7,17-18H. The maximum atomic E-state index is 12.4. The molecular weight excluding hydrogens is 245 g/mol. The normalized spacial score (nSPS) is 11.5. The maximum Gasteiger partial charge on any atom is 0.416 e. The molecule has 0 aliphatic heterocycles. The van der Waals surface area contributed by atoms with Crippen molar-refractivity contribution in [2.75, 3.05) is 0 Å². The molecule has 2 rings (SSSR count). The monoisotopic (exact) mass is 254 g/mol. The molecule has 18 heavy (non-hydrogen) atoms. The fraction of sp³-hybridized carbons (Fsp3) is 0.0769. The molecule has 0 amide bonds. The Morgan fingerprint density at radius 2 is 1.28 bits per heavy atom. The summed E-state index contributed by atoms with van der Waals surface area (Å²) in [4.78, 5) is 0. The second-order valence-corrected chi connectivity index (χ2v) is 3.78. The van der Waals surface area contributed by atoms with E-state index in [-0.39, 0.29) is 11.5 Å². The molecule has 2 aromatic carbocycles. The largest absolute Gasteiger partial charge is 0.504 e. The van der Waals surface area contributed by atoms with Gasteiger partial charge >= 0.3 is 6.18 Å². The van der Waals surface area contributed by atoms with Crippen LogP contribution in [0.2, 0.25) is 0 Å². The van der Waals surface area contributed by atoms with Gasteiger partial charge in [-0.05, 0) is 35.4 Å². The van der Waals surface area contributed by atoms with Gasteiger partial charge in [-0.3, -0.25) is 0 Å². The van der Waals surface area contributed by atoms with E-state index in [0.717, 1.165) is 12.1 Å². The van der Waals surface area contributed by atoms with Crippen LogP contribution in [0.15, 0.2) is 42.5 Å². The third-order valence-electron chi connectivity index (χ3n) is 2.52. The van der Waals surface area contributed by atoms with Crippen LogP contribution in [0.25, 0.3) is 11.1 Å². The van der Waals surface area contributed by atoms with Gasteiger partial charge in [0.15, 0.2) is 11.5 Å². The highest BCUT2D eigenvalue weighted by molar-refractivity contribution is 5.67. The Morgan fingerprint density at radius 1 is 0.722 bits per heavy atom. The average Bonchev–Trinajstić information content (AvgIpc) is 2.32. The summed E-state index contributed by atoms with van der Waals surface area (Å²) in [5, 5.41) is 18.5. The van der Waals surface area contributed by atoms with Crippen molar-refractivity contribution in [1.29, 1.82) is 0 Å². The van der Waals surface area contributed by atoms with Gasteiger partial charge in [0.05, 0.1) is 5.56 Å². The van der Waals surface area contributed by atoms with Crippen LogP contribution in [0.5, 0.6) is 11.5 Å². The number of benzene rings is 2. The lowest BCUT2D eigenvalue weighted by molar-refractivity contribution is -0.137. The number of hydrogen-bond acceptors (Lipinski definition) is 2. The first-order chi connectivity index (χ1) is 8.38. The minimum absolute atomic E-state index is 0.273. The van der Waals surface area contributed by atoms with Crippen molar-refractivity contribution >= 4 is 0 Å². The molecule has 94 valence electrons. The highest BCUT2D eigenvalue weighted by Crippen LogP contribution is 2.33. The van der Waals surface area contributed by atoms with E-state index in [9.17, 15) is 18.3 Å². The summed E-state index contributed by atoms with van der Waals surface area (Å²) in [6, 6.07) is 8.65. The van der Waals surface area contributed by atoms with E-state index < -0.39 is 11.7 Å². The molecule has 5 heteroatoms. The van der Waals surface area contributed by atoms with Gasteiger partial charge in [0, 0.05) is 0 Å². The lowest BCUT2D eigenvalue weighted by Gasteiger charge is -2.08. The van der Waals surface area contributed by atoms with Gasteiger partial charge in [0.25, 0.3) is 0 Å². The van der Waals surface area contributed by atoms with Crippen molar-refractivity contribution in [3.8, 4) is 22.6 Å². The zero-order chi connectivity index (χ0) is 13.3. The van der Waals surface area contributed by atoms with Crippen LogP contribution in [-0.4, -0.2) is 10.2 Å². The van der Waals surface area contributed by atoms with E-state index in [1.165, 1.54) is 30.3 Å². The Bertz CT molecular complexity index is 559. The molecule has 2 aromatic rings. The highest BCUT2D eigenvalue weighted by Gasteiger charge is 2.29. The van der Waals surface area contributed by atoms with Gasteiger partial charge in [0.2, 0.25) is 0 Å². The summed E-state index contributed by atoms with van der Waals surface area (Å²) in [5.41, 5.74) is 0.326. The maximum absolute atomic E-state index is 12.4. The van der Waals surface area contributed by atoms with Crippen molar-refractivity contribution in [2.45, 2.75) is 6.18 Å². The molecule has 0 bridgehead atoms. The smallest absolute Gasteiger partial charge is 0.416 e. The number of alkyl halides is 3. The van der Waals surface area contributed by atoms with Crippen LogP contribution in [0, 0.1) is 0 Å². The number of phenols is 2. The van der Waals surface area contributed by atoms with Crippen LogP contribution in [0.1, 0.15) is 5.56 Å². The molecule has 0 aliphatic carbocycles. The number of hydrogen-bond donors (Lipinski definition) is 2. The number of phenolic OH excluding ortho intramolecular Hbond substituents is 2. The lowest BCUT2D eigenvalue weighted by atomic mass is 10.0. The zero-order valence-corrected chi connectivity index (χ0v) is 9.07. The predicted molar refractivity (Wildman–Crippen MR) is 60.2 cm³/mol. The molecule has 2 N–H and O–H groups in total. The van der Waals surface area contributed by atoms with E-state index >= 15 is 0 Å². The molecule has 0 spiro atoms. The van der Waals surface area contributed by atoms with E-state index in [0.29, 0.717) is 11.1 Å². The fourth-order valence-electron chi connectivity index (χ4n) is 1.55. The molecule has 0 radical (unpaired) electrons. The minimum atomic E-state index is -4.37. The van der Waals surface area contributed by atoms with Crippen LogP contribution in [-0.2, 0) is 6.18 Å². The summed E-state index contributed by atoms with van der Waals surface area (Å²) >= 11 is 0. The molecule has 0 saturated carbocycles. The molecule has 0 aliphatic rings. The molecule has 2 nitrogen and oxygen atoms in total. The van der Waals surface area contributed by atoms with Crippen molar-refractivity contribution < 1.29 is 23.4 Å². The van der Waals surface area contributed by atoms with E-state index in [1.807, 2.05) is 0 Å². The van der Waals surface area contributed by atoms with Gasteiger partial charge in [-0.15, -0.1) is 0 Å². The third kappa shape index (κ3) is 2.40. The topological polar surface area (TPSA) is 40.5 Å². The van der Waals surface area contributed by atoms with Crippen molar-refractivity contribution in [3.63, 3.8) is 0 Å². The van der Waals surface area contributed by atoms with Crippen LogP contribution in [0.4, 0.5) is 13.2 Å². The summed E-state index contributed by atoms with van der Waals surface area (Å²) in [6.45, 7) is 0. The Morgan fingerprint density at radius 3 is 1.78 bits per heavy atom. The van der Waals surface area contributed by atoms with Gasteiger partial charge in [-0.1, -0.05) is 18.2 Å². The number of rotatable bonds is 1. The van der Waals surface area contributed by atoms with E-state index in [4.69, 9.17) is 5.11 Å². The Labute approximate surface area is 101 Å². The molecule has 0 unspecified atom stereocenters. The van der Waals surface area contributed by atoms with Crippen molar-refractivity contribution in [2.24, 2.45) is 0 Å². The third-order valence-corrected chi connectivity index (χ3v) is 2.52. The molecule has 0 fully saturated rings. The van der Waals surface area contributed by atoms with E-state index in [1.54, 1.807) is 0 Å². The Hall–Kier alpha value is -2.17. The zero-order valence-electron chi connectivity index (χ0n) is 9.07. The second-order valence-electron chi connectivity index (χ2n) is 3.78. The van der Waals surface area contributed by atoms with Crippen LogP contribution in [0.3, 0.4) is 0 Å². The molecule has 0 saturated heterocycles. The first-order valence-corrected chi connectivity index (χ1v) is 5.07. The quantitative estimate of drug-likeness (QED) is 0.760. The SMILES string of the molecule is Oc1ccc(-c2ccc(C(F)(F)F)cc2)cc1O.